The summed E-state index contributed by atoms with van der Waals surface area (Å²) in [5.74, 6) is 0. The molecule has 0 aromatic carbocycles. The first kappa shape index (κ1) is 195. The molecule has 0 spiro atoms. The Kier molecular flexibility index (Phi) is 3820. The third-order valence-electron chi connectivity index (χ3n) is 0. The Hall–Kier alpha value is 0.540. The predicted octanol–water partition coefficient (Wildman–Crippen LogP) is 1.64. The highest BCUT2D eigenvalue weighted by molar-refractivity contribution is 5.85. The average molecular weight is 106 g/mol. The fourth-order valence-electron chi connectivity index (χ4n) is 0. The highest BCUT2D eigenvalue weighted by atomic mass is 35.5. The van der Waals surface area contributed by atoms with Crippen molar-refractivity contribution in [2.75, 3.05) is 0 Å². The number of halogens is 2. The molecule has 0 fully saturated rings. The van der Waals surface area contributed by atoms with E-state index >= 15 is 0 Å². The highest BCUT2D eigenvalue weighted by Gasteiger charge is -0.0775. The average Bonchev–Trinajstić information content (AvgIpc) is 0. The molecule has 0 rings (SSSR count). The minimum atomic E-state index is 0. The van der Waals surface area contributed by atoms with E-state index in [-0.39, 0.29) is 38.4 Å². The molecule has 0 aliphatic carbocycles. The molecule has 0 atom stereocenters. The van der Waals surface area contributed by atoms with Gasteiger partial charge in [-0.2, -0.15) is 0 Å². The van der Waals surface area contributed by atoms with Crippen molar-refractivity contribution in [3.8, 4) is 0 Å². The van der Waals surface area contributed by atoms with E-state index in [0.717, 1.165) is 0 Å². The van der Waals surface area contributed by atoms with Crippen molar-refractivity contribution in [1.82, 2.24) is 6.15 Å². The third kappa shape index (κ3) is 20.7. The zero-order chi connectivity index (χ0) is 0. The van der Waals surface area contributed by atoms with Crippen LogP contribution in [0.15, 0.2) is 0 Å². The van der Waals surface area contributed by atoms with Crippen LogP contribution in [0.4, 0.5) is 0 Å². The Labute approximate surface area is 39.2 Å². The first-order chi connectivity index (χ1) is 0. The second-order valence-electron chi connectivity index (χ2n) is 0. The molecule has 0 saturated carbocycles. The van der Waals surface area contributed by atoms with Gasteiger partial charge in [-0.05, 0) is 0 Å². The van der Waals surface area contributed by atoms with E-state index in [2.05, 4.69) is 0 Å². The van der Waals surface area contributed by atoms with Gasteiger partial charge in [0.25, 0.3) is 0 Å². The van der Waals surface area contributed by atoms with E-state index in [9.17, 15) is 0 Å². The molecule has 0 aromatic heterocycles. The van der Waals surface area contributed by atoms with Crippen LogP contribution in [0.1, 0.15) is 7.43 Å². The van der Waals surface area contributed by atoms with E-state index in [4.69, 9.17) is 0 Å². The van der Waals surface area contributed by atoms with Crippen molar-refractivity contribution < 1.29 is 0 Å². The Balaban J connectivity index is 0. The van der Waals surface area contributed by atoms with Gasteiger partial charge in [0.1, 0.15) is 0 Å². The zero-order valence-corrected chi connectivity index (χ0v) is 3.16. The maximum atomic E-state index is 0. The molecule has 0 amide bonds. The molecule has 4 heavy (non-hydrogen) atoms. The summed E-state index contributed by atoms with van der Waals surface area (Å²) in [5.41, 5.74) is 0. The Morgan fingerprint density at radius 1 is 0.750 bits per heavy atom. The van der Waals surface area contributed by atoms with Crippen molar-refractivity contribution in [2.45, 2.75) is 7.43 Å². The smallest absolute Gasteiger partial charge is 0.0776 e. The van der Waals surface area contributed by atoms with Gasteiger partial charge in [0.15, 0.2) is 0 Å². The quantitative estimate of drug-likeness (QED) is 0.500. The fourth-order valence-corrected chi connectivity index (χ4v) is 0. The maximum Gasteiger partial charge on any atom is -0.0776 e. The molecule has 0 saturated heterocycles. The minimum absolute atomic E-state index is 0. The molecule has 3 N–H and O–H groups in total. The van der Waals surface area contributed by atoms with E-state index in [0.29, 0.717) is 0 Å². The van der Waals surface area contributed by atoms with Gasteiger partial charge >= 0.3 is 0 Å². The summed E-state index contributed by atoms with van der Waals surface area (Å²) in [6, 6.07) is 0. The van der Waals surface area contributed by atoms with Crippen LogP contribution in [0.3, 0.4) is 0 Å². The van der Waals surface area contributed by atoms with Crippen molar-refractivity contribution in [2.24, 2.45) is 0 Å². The largest absolute Gasteiger partial charge is 0.344 e. The van der Waals surface area contributed by atoms with Crippen LogP contribution >= 0.6 is 24.8 Å². The third-order valence-corrected chi connectivity index (χ3v) is 0. The normalized spacial score (nSPS) is 0. The molecule has 0 unspecified atom stereocenters. The first-order valence-electron chi connectivity index (χ1n) is 0. The van der Waals surface area contributed by atoms with Gasteiger partial charge < -0.3 is 6.15 Å². The Bertz CT molecular complexity index is 6.00. The van der Waals surface area contributed by atoms with Crippen LogP contribution in [0.5, 0.6) is 0 Å². The summed E-state index contributed by atoms with van der Waals surface area (Å²) in [5, 5.41) is 0. The molecule has 0 radical (unpaired) electrons. The van der Waals surface area contributed by atoms with Gasteiger partial charge in [0.05, 0.1) is 0 Å². The van der Waals surface area contributed by atoms with Crippen LogP contribution in [0.25, 0.3) is 0 Å². The number of rotatable bonds is 0. The maximum absolute atomic E-state index is 0. The van der Waals surface area contributed by atoms with Crippen molar-refractivity contribution in [1.29, 1.82) is 0 Å². The molecule has 0 bridgehead atoms. The summed E-state index contributed by atoms with van der Waals surface area (Å²) >= 11 is 0. The Morgan fingerprint density at radius 3 is 0.750 bits per heavy atom. The molecular formula is CH9Cl2N. The van der Waals surface area contributed by atoms with E-state index in [1.807, 2.05) is 0 Å². The Morgan fingerprint density at radius 2 is 0.750 bits per heavy atom. The van der Waals surface area contributed by atoms with Crippen LogP contribution in [-0.2, 0) is 0 Å². The van der Waals surface area contributed by atoms with Gasteiger partial charge in [-0.25, -0.2) is 0 Å². The lowest BCUT2D eigenvalue weighted by Crippen LogP contribution is -0.481. The fraction of sp³-hybridized carbons (Fsp3) is 1.00. The van der Waals surface area contributed by atoms with Crippen LogP contribution in [0.2, 0.25) is 0 Å². The molecule has 0 aromatic rings. The van der Waals surface area contributed by atoms with E-state index in [1.165, 1.54) is 0 Å². The lowest BCUT2D eigenvalue weighted by molar-refractivity contribution is 2.13. The van der Waals surface area contributed by atoms with E-state index in [1.54, 1.807) is 0 Å². The second-order valence-corrected chi connectivity index (χ2v) is 0. The lowest BCUT2D eigenvalue weighted by atomic mass is 12.0. The van der Waals surface area contributed by atoms with E-state index < -0.39 is 0 Å². The van der Waals surface area contributed by atoms with Crippen molar-refractivity contribution in [3.05, 3.63) is 0 Å². The predicted molar refractivity (Wildman–Crippen MR) is 26.2 cm³/mol. The van der Waals surface area contributed by atoms with Gasteiger partial charge in [-0.1, -0.05) is 7.43 Å². The molecule has 3 heteroatoms. The van der Waals surface area contributed by atoms with Gasteiger partial charge in [-0.3, -0.25) is 0 Å². The summed E-state index contributed by atoms with van der Waals surface area (Å²) in [4.78, 5) is 0. The second kappa shape index (κ2) is 78.3. The topological polar surface area (TPSA) is 35.0 Å². The minimum Gasteiger partial charge on any atom is -0.344 e. The SMILES string of the molecule is C.Cl.Cl.N. The first-order valence-corrected chi connectivity index (χ1v) is 0. The van der Waals surface area contributed by atoms with Crippen LogP contribution < -0.4 is 6.15 Å². The van der Waals surface area contributed by atoms with Crippen molar-refractivity contribution in [3.63, 3.8) is 0 Å². The standard InChI is InChI=1S/CH4.2ClH.H3N/h1H4;2*1H;1H3. The summed E-state index contributed by atoms with van der Waals surface area (Å²) in [6.45, 7) is 0. The van der Waals surface area contributed by atoms with Crippen LogP contribution in [-0.4, -0.2) is 0 Å². The molecule has 32 valence electrons. The zero-order valence-electron chi connectivity index (χ0n) is 1.52. The highest BCUT2D eigenvalue weighted by Crippen LogP contribution is 0.691. The molecule has 0 aliphatic heterocycles. The number of hydrogen-bond acceptors (Lipinski definition) is 1. The molecule has 0 heterocycles. The summed E-state index contributed by atoms with van der Waals surface area (Å²) < 4.78 is 0. The summed E-state index contributed by atoms with van der Waals surface area (Å²) in [6.07, 6.45) is 0. The molecule has 0 aliphatic rings. The van der Waals surface area contributed by atoms with Crippen LogP contribution in [0, 0.1) is 0 Å². The van der Waals surface area contributed by atoms with Gasteiger partial charge in [0.2, 0.25) is 0 Å². The van der Waals surface area contributed by atoms with Crippen molar-refractivity contribution >= 4 is 24.8 Å². The van der Waals surface area contributed by atoms with Gasteiger partial charge in [-0.15, -0.1) is 24.8 Å². The molecule has 1 nitrogen and oxygen atoms in total. The monoisotopic (exact) mass is 105 g/mol. The summed E-state index contributed by atoms with van der Waals surface area (Å²) in [7, 11) is 0. The molecular weight excluding hydrogens is 96.9 g/mol. The lowest BCUT2D eigenvalue weighted by Gasteiger charge is -0.344. The van der Waals surface area contributed by atoms with Gasteiger partial charge in [0, 0.05) is 0 Å². The number of hydrogen-bond donors (Lipinski definition) is 1.